The number of carboxylic acid groups (broad SMARTS) is 1. The van der Waals surface area contributed by atoms with Crippen molar-refractivity contribution in [1.82, 2.24) is 16.0 Å². The van der Waals surface area contributed by atoms with Gasteiger partial charge in [-0.05, 0) is 49.2 Å². The van der Waals surface area contributed by atoms with Gasteiger partial charge in [-0.2, -0.15) is 11.8 Å². The summed E-state index contributed by atoms with van der Waals surface area (Å²) in [5, 5.41) is 17.5. The average Bonchev–Trinajstić information content (AvgIpc) is 2.90. The summed E-state index contributed by atoms with van der Waals surface area (Å²) in [5.41, 5.74) is 17.7. The Labute approximate surface area is 234 Å². The molecule has 1 aromatic rings. The quantitative estimate of drug-likeness (QED) is 0.0720. The zero-order valence-corrected chi connectivity index (χ0v) is 23.7. The van der Waals surface area contributed by atoms with E-state index in [1.165, 1.54) is 11.8 Å². The molecule has 0 bridgehead atoms. The van der Waals surface area contributed by atoms with Gasteiger partial charge >= 0.3 is 5.97 Å². The fraction of sp³-hybridized carbons (Fsp3) is 0.577. The molecule has 5 atom stereocenters. The average molecular weight is 566 g/mol. The van der Waals surface area contributed by atoms with Crippen molar-refractivity contribution in [3.8, 4) is 0 Å². The highest BCUT2D eigenvalue weighted by Gasteiger charge is 2.32. The van der Waals surface area contributed by atoms with Crippen molar-refractivity contribution in [2.24, 2.45) is 28.1 Å². The van der Waals surface area contributed by atoms with Gasteiger partial charge in [0.2, 0.25) is 17.7 Å². The van der Waals surface area contributed by atoms with Crippen LogP contribution in [0.3, 0.4) is 0 Å². The van der Waals surface area contributed by atoms with E-state index in [2.05, 4.69) is 20.9 Å². The highest BCUT2D eigenvalue weighted by molar-refractivity contribution is 7.98. The number of nitrogens with zero attached hydrogens (tertiary/aromatic N) is 1. The van der Waals surface area contributed by atoms with Crippen LogP contribution in [0.5, 0.6) is 0 Å². The van der Waals surface area contributed by atoms with Gasteiger partial charge in [0, 0.05) is 6.54 Å². The predicted octanol–water partition coefficient (Wildman–Crippen LogP) is -0.0518. The molecule has 12 nitrogen and oxygen atoms in total. The number of carboxylic acids is 1. The lowest BCUT2D eigenvalue weighted by Crippen LogP contribution is -2.58. The number of aliphatic carboxylic acids is 1. The van der Waals surface area contributed by atoms with E-state index >= 15 is 0 Å². The van der Waals surface area contributed by atoms with Crippen LogP contribution in [0.4, 0.5) is 0 Å². The zero-order chi connectivity index (χ0) is 29.4. The minimum atomic E-state index is -1.15. The van der Waals surface area contributed by atoms with E-state index in [0.717, 1.165) is 5.56 Å². The normalized spacial score (nSPS) is 14.7. The number of hydrogen-bond acceptors (Lipinski definition) is 7. The second-order valence-electron chi connectivity index (χ2n) is 9.36. The third kappa shape index (κ3) is 12.9. The van der Waals surface area contributed by atoms with Gasteiger partial charge in [-0.25, -0.2) is 4.79 Å². The van der Waals surface area contributed by atoms with Crippen LogP contribution in [0, 0.1) is 5.92 Å². The fourth-order valence-electron chi connectivity index (χ4n) is 3.72. The topological polar surface area (TPSA) is 215 Å². The van der Waals surface area contributed by atoms with E-state index in [0.29, 0.717) is 18.6 Å². The number of aliphatic imine (C=N–C) groups is 1. The Morgan fingerprint density at radius 2 is 1.62 bits per heavy atom. The van der Waals surface area contributed by atoms with E-state index in [1.807, 2.05) is 43.5 Å². The Kier molecular flexibility index (Phi) is 15.6. The molecule has 1 aromatic carbocycles. The molecule has 0 heterocycles. The molecule has 0 aliphatic rings. The molecule has 39 heavy (non-hydrogen) atoms. The molecule has 0 saturated carbocycles. The SMILES string of the molecule is CCC(C)C(NC(=O)C(CCCN=C(N)N)NC(=O)C(N)Cc1ccccc1)C(=O)NC(CCSC)C(=O)O. The van der Waals surface area contributed by atoms with Crippen molar-refractivity contribution in [2.45, 2.75) is 70.1 Å². The standard InChI is InChI=1S/C26H43N7O5S/c1-4-16(2)21(24(36)32-20(25(37)38)12-14-39-3)33-23(35)19(11-8-13-30-26(28)29)31-22(34)18(27)15-17-9-6-5-7-10-17/h5-7,9-10,16,18-21H,4,8,11-15,27H2,1-3H3,(H,31,34)(H,32,36)(H,33,35)(H,37,38)(H4,28,29,30). The van der Waals surface area contributed by atoms with Crippen molar-refractivity contribution >= 4 is 41.4 Å². The van der Waals surface area contributed by atoms with Crippen LogP contribution in [0.2, 0.25) is 0 Å². The number of thioether (sulfide) groups is 1. The molecule has 0 fully saturated rings. The van der Waals surface area contributed by atoms with Crippen LogP contribution in [0.15, 0.2) is 35.3 Å². The molecule has 10 N–H and O–H groups in total. The molecular formula is C26H43N7O5S. The molecule has 5 unspecified atom stereocenters. The molecule has 13 heteroatoms. The van der Waals surface area contributed by atoms with Crippen molar-refractivity contribution in [1.29, 1.82) is 0 Å². The highest BCUT2D eigenvalue weighted by atomic mass is 32.2. The third-order valence-corrected chi connectivity index (χ3v) is 6.88. The largest absolute Gasteiger partial charge is 0.480 e. The first kappa shape index (κ1) is 33.7. The maximum atomic E-state index is 13.4. The lowest BCUT2D eigenvalue weighted by atomic mass is 9.97. The Morgan fingerprint density at radius 1 is 0.974 bits per heavy atom. The number of carbonyl (C=O) groups is 4. The maximum Gasteiger partial charge on any atom is 0.326 e. The molecular weight excluding hydrogens is 522 g/mol. The van der Waals surface area contributed by atoms with Gasteiger partial charge in [0.15, 0.2) is 5.96 Å². The summed E-state index contributed by atoms with van der Waals surface area (Å²) in [7, 11) is 0. The summed E-state index contributed by atoms with van der Waals surface area (Å²) in [6.07, 6.45) is 3.47. The summed E-state index contributed by atoms with van der Waals surface area (Å²) >= 11 is 1.47. The van der Waals surface area contributed by atoms with Gasteiger partial charge in [-0.3, -0.25) is 19.4 Å². The minimum Gasteiger partial charge on any atom is -0.480 e. The second-order valence-corrected chi connectivity index (χ2v) is 10.3. The molecule has 218 valence electrons. The van der Waals surface area contributed by atoms with Crippen molar-refractivity contribution in [3.63, 3.8) is 0 Å². The third-order valence-electron chi connectivity index (χ3n) is 6.23. The highest BCUT2D eigenvalue weighted by Crippen LogP contribution is 2.11. The Bertz CT molecular complexity index is 959. The van der Waals surface area contributed by atoms with Crippen molar-refractivity contribution in [3.05, 3.63) is 35.9 Å². The minimum absolute atomic E-state index is 0.0899. The molecule has 0 spiro atoms. The van der Waals surface area contributed by atoms with E-state index in [9.17, 15) is 24.3 Å². The molecule has 0 aliphatic heterocycles. The van der Waals surface area contributed by atoms with Crippen molar-refractivity contribution < 1.29 is 24.3 Å². The molecule has 0 radical (unpaired) electrons. The number of guanidine groups is 1. The summed E-state index contributed by atoms with van der Waals surface area (Å²) < 4.78 is 0. The first-order valence-electron chi connectivity index (χ1n) is 13.0. The van der Waals surface area contributed by atoms with Crippen LogP contribution >= 0.6 is 11.8 Å². The van der Waals surface area contributed by atoms with Gasteiger partial charge < -0.3 is 38.3 Å². The number of nitrogens with one attached hydrogen (secondary N) is 3. The van der Waals surface area contributed by atoms with Crippen LogP contribution in [-0.2, 0) is 25.6 Å². The van der Waals surface area contributed by atoms with Crippen LogP contribution < -0.4 is 33.2 Å². The number of nitrogens with two attached hydrogens (primary N) is 3. The lowest BCUT2D eigenvalue weighted by Gasteiger charge is -2.28. The first-order valence-corrected chi connectivity index (χ1v) is 14.4. The van der Waals surface area contributed by atoms with E-state index in [-0.39, 0.29) is 37.7 Å². The predicted molar refractivity (Wildman–Crippen MR) is 154 cm³/mol. The molecule has 0 aliphatic carbocycles. The number of amides is 3. The fourth-order valence-corrected chi connectivity index (χ4v) is 4.19. The van der Waals surface area contributed by atoms with Crippen LogP contribution in [0.1, 0.15) is 45.1 Å². The van der Waals surface area contributed by atoms with Gasteiger partial charge in [-0.15, -0.1) is 0 Å². The summed E-state index contributed by atoms with van der Waals surface area (Å²) in [6, 6.07) is 5.25. The smallest absolute Gasteiger partial charge is 0.326 e. The van der Waals surface area contributed by atoms with Gasteiger partial charge in [0.25, 0.3) is 0 Å². The van der Waals surface area contributed by atoms with E-state index in [1.54, 1.807) is 6.92 Å². The van der Waals surface area contributed by atoms with Gasteiger partial charge in [0.1, 0.15) is 18.1 Å². The summed E-state index contributed by atoms with van der Waals surface area (Å²) in [6.45, 7) is 3.88. The van der Waals surface area contributed by atoms with Crippen LogP contribution in [-0.4, -0.2) is 77.5 Å². The number of hydrogen-bond donors (Lipinski definition) is 7. The van der Waals surface area contributed by atoms with Crippen LogP contribution in [0.25, 0.3) is 0 Å². The second kappa shape index (κ2) is 18.1. The maximum absolute atomic E-state index is 13.4. The summed E-state index contributed by atoms with van der Waals surface area (Å²) in [5.74, 6) is -2.70. The Morgan fingerprint density at radius 3 is 2.18 bits per heavy atom. The van der Waals surface area contributed by atoms with Crippen molar-refractivity contribution in [2.75, 3.05) is 18.6 Å². The first-order chi connectivity index (χ1) is 18.5. The lowest BCUT2D eigenvalue weighted by molar-refractivity contribution is -0.142. The molecule has 0 saturated heterocycles. The van der Waals surface area contributed by atoms with Gasteiger partial charge in [-0.1, -0.05) is 50.6 Å². The summed E-state index contributed by atoms with van der Waals surface area (Å²) in [4.78, 5) is 54.9. The van der Waals surface area contributed by atoms with E-state index < -0.39 is 47.9 Å². The van der Waals surface area contributed by atoms with E-state index in [4.69, 9.17) is 17.2 Å². The number of benzene rings is 1. The monoisotopic (exact) mass is 565 g/mol. The molecule has 3 amide bonds. The van der Waals surface area contributed by atoms with Gasteiger partial charge in [0.05, 0.1) is 6.04 Å². The number of carbonyl (C=O) groups excluding carboxylic acids is 3. The Balaban J connectivity index is 3.03. The number of rotatable bonds is 18. The zero-order valence-electron chi connectivity index (χ0n) is 22.9. The molecule has 1 rings (SSSR count). The Hall–Kier alpha value is -3.32. The molecule has 0 aromatic heterocycles.